The Kier molecular flexibility index (Phi) is 4.49. The molecule has 0 unspecified atom stereocenters. The van der Waals surface area contributed by atoms with E-state index in [-0.39, 0.29) is 0 Å². The van der Waals surface area contributed by atoms with Crippen LogP contribution in [-0.4, -0.2) is 8.07 Å². The molecule has 0 aliphatic carbocycles. The molecule has 0 aliphatic heterocycles. The molecule has 0 bridgehead atoms. The normalized spacial score (nSPS) is 12.2. The molecule has 76 valence electrons. The van der Waals surface area contributed by atoms with Crippen LogP contribution in [0.2, 0.25) is 19.6 Å². The van der Waals surface area contributed by atoms with Gasteiger partial charge in [0.1, 0.15) is 0 Å². The van der Waals surface area contributed by atoms with E-state index < -0.39 is 8.07 Å². The summed E-state index contributed by atoms with van der Waals surface area (Å²) in [5, 5.41) is 2.26. The second kappa shape index (κ2) is 5.42. The summed E-state index contributed by atoms with van der Waals surface area (Å²) in [6, 6.07) is 10.6. The third-order valence-electron chi connectivity index (χ3n) is 1.76. The topological polar surface area (TPSA) is 0 Å². The van der Waals surface area contributed by atoms with Crippen LogP contribution in [0.5, 0.6) is 0 Å². The summed E-state index contributed by atoms with van der Waals surface area (Å²) < 4.78 is 0. The maximum absolute atomic E-state index is 2.39. The number of benzene rings is 1. The third kappa shape index (κ3) is 5.30. The highest BCUT2D eigenvalue weighted by Gasteiger charge is 2.06. The highest BCUT2D eigenvalue weighted by atomic mass is 32.2. The van der Waals surface area contributed by atoms with E-state index in [0.717, 1.165) is 5.75 Å². The lowest BCUT2D eigenvalue weighted by molar-refractivity contribution is 1.42. The van der Waals surface area contributed by atoms with E-state index in [1.807, 2.05) is 11.8 Å². The van der Waals surface area contributed by atoms with Gasteiger partial charge in [-0.15, -0.1) is 11.8 Å². The fourth-order valence-corrected chi connectivity index (χ4v) is 3.47. The van der Waals surface area contributed by atoms with Gasteiger partial charge in [-0.05, 0) is 11.0 Å². The fraction of sp³-hybridized carbons (Fsp3) is 0.333. The summed E-state index contributed by atoms with van der Waals surface area (Å²) in [6.45, 7) is 7.06. The van der Waals surface area contributed by atoms with Crippen LogP contribution in [0, 0.1) is 0 Å². The zero-order chi connectivity index (χ0) is 10.4. The smallest absolute Gasteiger partial charge is 0.0693 e. The Morgan fingerprint density at radius 1 is 1.14 bits per heavy atom. The van der Waals surface area contributed by atoms with Crippen LogP contribution in [0.4, 0.5) is 0 Å². The van der Waals surface area contributed by atoms with Crippen molar-refractivity contribution in [3.63, 3.8) is 0 Å². The maximum atomic E-state index is 2.39. The standard InChI is InChI=1S/C12H18SSi/c1-14(2,3)10-9-13-11-12-7-5-4-6-8-12/h4-10H,11H2,1-3H3/b10-9-. The van der Waals surface area contributed by atoms with Crippen LogP contribution in [0.15, 0.2) is 41.4 Å². The Labute approximate surface area is 92.4 Å². The molecule has 0 atom stereocenters. The molecule has 0 radical (unpaired) electrons. The molecule has 2 heteroatoms. The molecule has 0 amide bonds. The number of hydrogen-bond donors (Lipinski definition) is 0. The van der Waals surface area contributed by atoms with E-state index in [9.17, 15) is 0 Å². The summed E-state index contributed by atoms with van der Waals surface area (Å²) in [7, 11) is -0.997. The van der Waals surface area contributed by atoms with Gasteiger partial charge in [0.15, 0.2) is 0 Å². The minimum absolute atomic E-state index is 0.997. The highest BCUT2D eigenvalue weighted by molar-refractivity contribution is 8.01. The molecule has 0 saturated heterocycles. The number of hydrogen-bond acceptors (Lipinski definition) is 1. The van der Waals surface area contributed by atoms with E-state index in [0.29, 0.717) is 0 Å². The highest BCUT2D eigenvalue weighted by Crippen LogP contribution is 2.14. The molecule has 0 N–H and O–H groups in total. The molecule has 0 saturated carbocycles. The number of thioether (sulfide) groups is 1. The predicted octanol–water partition coefficient (Wildman–Crippen LogP) is 4.31. The zero-order valence-electron chi connectivity index (χ0n) is 9.16. The van der Waals surface area contributed by atoms with Crippen molar-refractivity contribution in [2.75, 3.05) is 0 Å². The predicted molar refractivity (Wildman–Crippen MR) is 70.2 cm³/mol. The van der Waals surface area contributed by atoms with Crippen molar-refractivity contribution in [3.05, 3.63) is 47.0 Å². The minimum Gasteiger partial charge on any atom is -0.130 e. The summed E-state index contributed by atoms with van der Waals surface area (Å²) in [5.74, 6) is 1.09. The fourth-order valence-electron chi connectivity index (χ4n) is 0.971. The molecule has 14 heavy (non-hydrogen) atoms. The lowest BCUT2D eigenvalue weighted by atomic mass is 10.2. The zero-order valence-corrected chi connectivity index (χ0v) is 11.0. The van der Waals surface area contributed by atoms with E-state index in [4.69, 9.17) is 0 Å². The van der Waals surface area contributed by atoms with Crippen molar-refractivity contribution in [3.8, 4) is 0 Å². The first kappa shape index (κ1) is 11.6. The number of rotatable bonds is 4. The lowest BCUT2D eigenvalue weighted by Gasteiger charge is -2.07. The molecular formula is C12H18SSi. The van der Waals surface area contributed by atoms with Gasteiger partial charge in [-0.25, -0.2) is 0 Å². The largest absolute Gasteiger partial charge is 0.130 e. The lowest BCUT2D eigenvalue weighted by Crippen LogP contribution is -2.14. The van der Waals surface area contributed by atoms with Crippen LogP contribution in [0.3, 0.4) is 0 Å². The second-order valence-corrected chi connectivity index (χ2v) is 10.4. The molecule has 0 spiro atoms. The summed E-state index contributed by atoms with van der Waals surface area (Å²) >= 11 is 1.89. The van der Waals surface area contributed by atoms with Gasteiger partial charge in [0, 0.05) is 5.75 Å². The van der Waals surface area contributed by atoms with Crippen molar-refractivity contribution < 1.29 is 0 Å². The SMILES string of the molecule is C[Si](C)(C)/C=C\SCc1ccccc1. The molecular weight excluding hydrogens is 204 g/mol. The van der Waals surface area contributed by atoms with Gasteiger partial charge in [-0.3, -0.25) is 0 Å². The summed E-state index contributed by atoms with van der Waals surface area (Å²) in [5.41, 5.74) is 3.79. The molecule has 1 aromatic rings. The first-order chi connectivity index (χ1) is 6.58. The van der Waals surface area contributed by atoms with Gasteiger partial charge in [0.05, 0.1) is 8.07 Å². The van der Waals surface area contributed by atoms with Gasteiger partial charge in [-0.2, -0.15) is 0 Å². The van der Waals surface area contributed by atoms with Crippen molar-refractivity contribution >= 4 is 19.8 Å². The monoisotopic (exact) mass is 222 g/mol. The van der Waals surface area contributed by atoms with E-state index in [2.05, 4.69) is 61.1 Å². The van der Waals surface area contributed by atoms with Crippen LogP contribution in [-0.2, 0) is 5.75 Å². The van der Waals surface area contributed by atoms with Crippen LogP contribution < -0.4 is 0 Å². The summed E-state index contributed by atoms with van der Waals surface area (Å²) in [6.07, 6.45) is 0. The average molecular weight is 222 g/mol. The van der Waals surface area contributed by atoms with Crippen molar-refractivity contribution in [2.45, 2.75) is 25.4 Å². The van der Waals surface area contributed by atoms with Crippen LogP contribution in [0.25, 0.3) is 0 Å². The molecule has 1 rings (SSSR count). The first-order valence-corrected chi connectivity index (χ1v) is 9.54. The molecule has 1 aromatic carbocycles. The van der Waals surface area contributed by atoms with Crippen molar-refractivity contribution in [1.82, 2.24) is 0 Å². The Morgan fingerprint density at radius 3 is 2.36 bits per heavy atom. The van der Waals surface area contributed by atoms with Crippen molar-refractivity contribution in [1.29, 1.82) is 0 Å². The second-order valence-electron chi connectivity index (χ2n) is 4.47. The minimum atomic E-state index is -0.997. The van der Waals surface area contributed by atoms with Gasteiger partial charge >= 0.3 is 0 Å². The molecule has 0 heterocycles. The Hall–Kier alpha value is -0.473. The molecule has 0 aliphatic rings. The third-order valence-corrected chi connectivity index (χ3v) is 3.99. The quantitative estimate of drug-likeness (QED) is 0.684. The average Bonchev–Trinajstić information content (AvgIpc) is 2.13. The Morgan fingerprint density at radius 2 is 1.79 bits per heavy atom. The molecule has 0 nitrogen and oxygen atoms in total. The van der Waals surface area contributed by atoms with Crippen molar-refractivity contribution in [2.24, 2.45) is 0 Å². The van der Waals surface area contributed by atoms with Gasteiger partial charge in [0.2, 0.25) is 0 Å². The van der Waals surface area contributed by atoms with Crippen LogP contribution >= 0.6 is 11.8 Å². The van der Waals surface area contributed by atoms with E-state index in [1.165, 1.54) is 5.56 Å². The summed E-state index contributed by atoms with van der Waals surface area (Å²) in [4.78, 5) is 0. The van der Waals surface area contributed by atoms with E-state index >= 15 is 0 Å². The maximum Gasteiger partial charge on any atom is 0.0693 e. The molecule has 0 aromatic heterocycles. The first-order valence-electron chi connectivity index (χ1n) is 4.91. The molecule has 0 fully saturated rings. The van der Waals surface area contributed by atoms with Crippen LogP contribution in [0.1, 0.15) is 5.56 Å². The van der Waals surface area contributed by atoms with Gasteiger partial charge in [0.25, 0.3) is 0 Å². The van der Waals surface area contributed by atoms with Gasteiger partial charge < -0.3 is 0 Å². The Balaban J connectivity index is 2.33. The van der Waals surface area contributed by atoms with E-state index in [1.54, 1.807) is 0 Å². The van der Waals surface area contributed by atoms with Gasteiger partial charge in [-0.1, -0.05) is 55.7 Å². The Bertz CT molecular complexity index is 285.